The van der Waals surface area contributed by atoms with Gasteiger partial charge in [-0.3, -0.25) is 14.2 Å². The zero-order valence-corrected chi connectivity index (χ0v) is 13.9. The molecule has 128 valence electrons. The van der Waals surface area contributed by atoms with E-state index in [1.54, 1.807) is 35.3 Å². The van der Waals surface area contributed by atoms with Gasteiger partial charge in [-0.25, -0.2) is 4.79 Å². The normalized spacial score (nSPS) is 10.6. The van der Waals surface area contributed by atoms with Crippen molar-refractivity contribution in [2.75, 3.05) is 5.32 Å². The van der Waals surface area contributed by atoms with Gasteiger partial charge >= 0.3 is 5.97 Å². The fraction of sp³-hybridized carbons (Fsp3) is 0.125. The predicted molar refractivity (Wildman–Crippen MR) is 90.9 cm³/mol. The second kappa shape index (κ2) is 6.78. The van der Waals surface area contributed by atoms with Gasteiger partial charge in [0, 0.05) is 18.9 Å². The van der Waals surface area contributed by atoms with Crippen molar-refractivity contribution in [3.8, 4) is 0 Å². The maximum atomic E-state index is 12.4. The number of halogens is 1. The summed E-state index contributed by atoms with van der Waals surface area (Å²) in [5.74, 6) is -1.75. The Hall–Kier alpha value is -3.13. The fourth-order valence-electron chi connectivity index (χ4n) is 2.42. The number of carboxylic acid groups (broad SMARTS) is 1. The average Bonchev–Trinajstić information content (AvgIpc) is 3.13. The molecule has 8 nitrogen and oxygen atoms in total. The van der Waals surface area contributed by atoms with Crippen molar-refractivity contribution in [1.29, 1.82) is 0 Å². The highest BCUT2D eigenvalue weighted by molar-refractivity contribution is 6.30. The van der Waals surface area contributed by atoms with Crippen LogP contribution in [0.5, 0.6) is 0 Å². The third-order valence-corrected chi connectivity index (χ3v) is 3.71. The summed E-state index contributed by atoms with van der Waals surface area (Å²) in [6, 6.07) is 7.17. The summed E-state index contributed by atoms with van der Waals surface area (Å²) in [6.45, 7) is 0.490. The summed E-state index contributed by atoms with van der Waals surface area (Å²) in [7, 11) is 1.47. The van der Waals surface area contributed by atoms with Crippen LogP contribution in [0.4, 0.5) is 5.69 Å². The number of benzene rings is 1. The molecule has 1 aromatic carbocycles. The molecule has 0 fully saturated rings. The molecule has 0 bridgehead atoms. The number of hydrogen-bond donors (Lipinski definition) is 2. The Kier molecular flexibility index (Phi) is 4.53. The molecule has 1 amide bonds. The number of aryl methyl sites for hydroxylation is 1. The van der Waals surface area contributed by atoms with Crippen LogP contribution in [0.15, 0.2) is 42.9 Å². The molecule has 0 aliphatic rings. The predicted octanol–water partition coefficient (Wildman–Crippen LogP) is 2.27. The summed E-state index contributed by atoms with van der Waals surface area (Å²) in [4.78, 5) is 23.6. The summed E-state index contributed by atoms with van der Waals surface area (Å²) in [5, 5.41) is 20.4. The molecule has 0 radical (unpaired) electrons. The molecule has 0 spiro atoms. The number of carbonyl (C=O) groups is 2. The number of aromatic carboxylic acids is 1. The number of carbonyl (C=O) groups excluding carboxylic acids is 1. The van der Waals surface area contributed by atoms with Crippen LogP contribution in [0, 0.1) is 0 Å². The van der Waals surface area contributed by atoms with Gasteiger partial charge in [-0.2, -0.15) is 10.2 Å². The maximum absolute atomic E-state index is 12.4. The van der Waals surface area contributed by atoms with Gasteiger partial charge in [-0.05, 0) is 17.7 Å². The minimum Gasteiger partial charge on any atom is -0.477 e. The number of carboxylic acids is 1. The zero-order valence-electron chi connectivity index (χ0n) is 13.2. The molecule has 3 rings (SSSR count). The Labute approximate surface area is 147 Å². The molecule has 0 saturated heterocycles. The summed E-state index contributed by atoms with van der Waals surface area (Å²) in [6.07, 6.45) is 4.47. The number of nitrogens with zero attached hydrogens (tertiary/aromatic N) is 4. The van der Waals surface area contributed by atoms with E-state index in [1.807, 2.05) is 6.07 Å². The number of hydrogen-bond acceptors (Lipinski definition) is 4. The second-order valence-electron chi connectivity index (χ2n) is 5.35. The maximum Gasteiger partial charge on any atom is 0.354 e. The minimum absolute atomic E-state index is 0.000684. The number of rotatable bonds is 5. The molecular weight excluding hydrogens is 346 g/mol. The van der Waals surface area contributed by atoms with Crippen molar-refractivity contribution in [2.45, 2.75) is 6.54 Å². The Morgan fingerprint density at radius 3 is 2.76 bits per heavy atom. The Balaban J connectivity index is 1.78. The van der Waals surface area contributed by atoms with Crippen molar-refractivity contribution < 1.29 is 14.7 Å². The lowest BCUT2D eigenvalue weighted by atomic mass is 10.2. The van der Waals surface area contributed by atoms with Gasteiger partial charge in [-0.1, -0.05) is 23.7 Å². The van der Waals surface area contributed by atoms with E-state index in [-0.39, 0.29) is 11.3 Å². The monoisotopic (exact) mass is 359 g/mol. The van der Waals surface area contributed by atoms with Crippen LogP contribution in [-0.2, 0) is 13.6 Å². The van der Waals surface area contributed by atoms with Crippen LogP contribution >= 0.6 is 11.6 Å². The van der Waals surface area contributed by atoms with E-state index in [9.17, 15) is 14.7 Å². The summed E-state index contributed by atoms with van der Waals surface area (Å²) in [5.41, 5.74) is 1.28. The number of aromatic nitrogens is 4. The smallest absolute Gasteiger partial charge is 0.354 e. The number of amides is 1. The average molecular weight is 360 g/mol. The lowest BCUT2D eigenvalue weighted by Gasteiger charge is -2.08. The third-order valence-electron chi connectivity index (χ3n) is 3.52. The molecule has 0 aliphatic carbocycles. The third kappa shape index (κ3) is 3.69. The van der Waals surface area contributed by atoms with Crippen LogP contribution in [0.25, 0.3) is 0 Å². The summed E-state index contributed by atoms with van der Waals surface area (Å²) >= 11 is 5.84. The molecule has 0 saturated carbocycles. The lowest BCUT2D eigenvalue weighted by Crippen LogP contribution is -2.17. The molecule has 0 aliphatic heterocycles. The van der Waals surface area contributed by atoms with E-state index in [0.717, 1.165) is 10.2 Å². The van der Waals surface area contributed by atoms with Gasteiger partial charge in [0.1, 0.15) is 0 Å². The first-order valence-corrected chi connectivity index (χ1v) is 7.65. The van der Waals surface area contributed by atoms with Crippen LogP contribution in [0.1, 0.15) is 26.4 Å². The van der Waals surface area contributed by atoms with Crippen LogP contribution in [0.3, 0.4) is 0 Å². The molecule has 2 heterocycles. The van der Waals surface area contributed by atoms with E-state index in [4.69, 9.17) is 11.6 Å². The van der Waals surface area contributed by atoms with Crippen LogP contribution in [-0.4, -0.2) is 36.5 Å². The van der Waals surface area contributed by atoms with Crippen LogP contribution in [0.2, 0.25) is 5.02 Å². The minimum atomic E-state index is -1.21. The van der Waals surface area contributed by atoms with Gasteiger partial charge in [0.05, 0.1) is 29.5 Å². The van der Waals surface area contributed by atoms with Gasteiger partial charge in [-0.15, -0.1) is 0 Å². The molecule has 0 unspecified atom stereocenters. The topological polar surface area (TPSA) is 102 Å². The first-order valence-electron chi connectivity index (χ1n) is 7.27. The van der Waals surface area contributed by atoms with E-state index >= 15 is 0 Å². The standard InChI is InChI=1S/C16H14ClN5O3/c1-21-14(16(24)25)13(7-18-21)15(23)20-12-4-2-3-10(5-12)8-22-9-11(17)6-19-22/h2-7,9H,8H2,1H3,(H,20,23)(H,24,25). The van der Waals surface area contributed by atoms with Gasteiger partial charge in [0.2, 0.25) is 0 Å². The molecule has 2 N–H and O–H groups in total. The highest BCUT2D eigenvalue weighted by Crippen LogP contribution is 2.16. The Bertz CT molecular complexity index is 947. The lowest BCUT2D eigenvalue weighted by molar-refractivity contribution is 0.0680. The van der Waals surface area contributed by atoms with Crippen molar-refractivity contribution in [3.05, 3.63) is 64.7 Å². The van der Waals surface area contributed by atoms with Crippen molar-refractivity contribution in [2.24, 2.45) is 7.05 Å². The molecular formula is C16H14ClN5O3. The van der Waals surface area contributed by atoms with Gasteiger partial charge in [0.25, 0.3) is 5.91 Å². The first-order chi connectivity index (χ1) is 11.9. The molecule has 9 heteroatoms. The summed E-state index contributed by atoms with van der Waals surface area (Å²) < 4.78 is 2.82. The Morgan fingerprint density at radius 2 is 2.08 bits per heavy atom. The molecule has 25 heavy (non-hydrogen) atoms. The number of nitrogens with one attached hydrogen (secondary N) is 1. The van der Waals surface area contributed by atoms with E-state index in [1.165, 1.54) is 13.2 Å². The highest BCUT2D eigenvalue weighted by atomic mass is 35.5. The highest BCUT2D eigenvalue weighted by Gasteiger charge is 2.21. The fourth-order valence-corrected chi connectivity index (χ4v) is 2.57. The van der Waals surface area contributed by atoms with Crippen LogP contribution < -0.4 is 5.32 Å². The molecule has 2 aromatic heterocycles. The second-order valence-corrected chi connectivity index (χ2v) is 5.78. The van der Waals surface area contributed by atoms with Gasteiger partial charge < -0.3 is 10.4 Å². The zero-order chi connectivity index (χ0) is 18.0. The SMILES string of the molecule is Cn1ncc(C(=O)Nc2cccc(Cn3cc(Cl)cn3)c2)c1C(=O)O. The largest absolute Gasteiger partial charge is 0.477 e. The van der Waals surface area contributed by atoms with E-state index in [0.29, 0.717) is 17.3 Å². The number of anilines is 1. The van der Waals surface area contributed by atoms with Gasteiger partial charge in [0.15, 0.2) is 5.69 Å². The van der Waals surface area contributed by atoms with E-state index < -0.39 is 11.9 Å². The quantitative estimate of drug-likeness (QED) is 0.727. The molecule has 0 atom stereocenters. The van der Waals surface area contributed by atoms with E-state index in [2.05, 4.69) is 15.5 Å². The van der Waals surface area contributed by atoms with Crippen molar-refractivity contribution in [3.63, 3.8) is 0 Å². The van der Waals surface area contributed by atoms with Crippen molar-refractivity contribution in [1.82, 2.24) is 19.6 Å². The van der Waals surface area contributed by atoms with Crippen molar-refractivity contribution >= 4 is 29.2 Å². The first kappa shape index (κ1) is 16.7. The molecule has 3 aromatic rings. The Morgan fingerprint density at radius 1 is 1.28 bits per heavy atom.